The van der Waals surface area contributed by atoms with Crippen molar-refractivity contribution >= 4 is 11.3 Å². The molecule has 1 N–H and O–H groups in total. The third-order valence-corrected chi connectivity index (χ3v) is 4.54. The second-order valence-corrected chi connectivity index (χ2v) is 6.41. The molecule has 1 unspecified atom stereocenters. The van der Waals surface area contributed by atoms with E-state index in [4.69, 9.17) is 0 Å². The van der Waals surface area contributed by atoms with Crippen molar-refractivity contribution in [3.05, 3.63) is 57.8 Å². The van der Waals surface area contributed by atoms with Gasteiger partial charge in [-0.25, -0.2) is 0 Å². The van der Waals surface area contributed by atoms with Gasteiger partial charge < -0.3 is 5.32 Å². The molecule has 2 aromatic rings. The summed E-state index contributed by atoms with van der Waals surface area (Å²) < 4.78 is 0. The van der Waals surface area contributed by atoms with Crippen LogP contribution < -0.4 is 5.32 Å². The third kappa shape index (κ3) is 3.68. The Kier molecular flexibility index (Phi) is 4.00. The van der Waals surface area contributed by atoms with Gasteiger partial charge in [0.25, 0.3) is 0 Å². The molecule has 1 aliphatic rings. The number of hydrogen-bond donors (Lipinski definition) is 1. The van der Waals surface area contributed by atoms with Gasteiger partial charge in [-0.15, -0.1) is 0 Å². The summed E-state index contributed by atoms with van der Waals surface area (Å²) in [6, 6.07) is 12.0. The second-order valence-electron chi connectivity index (χ2n) is 5.63. The maximum Gasteiger partial charge on any atom is 0.00684 e. The Hall–Kier alpha value is -1.12. The van der Waals surface area contributed by atoms with Gasteiger partial charge in [0.1, 0.15) is 0 Å². The van der Waals surface area contributed by atoms with Crippen LogP contribution in [0, 0.1) is 6.92 Å². The van der Waals surface area contributed by atoms with Crippen molar-refractivity contribution < 1.29 is 0 Å². The lowest BCUT2D eigenvalue weighted by atomic mass is 9.92. The van der Waals surface area contributed by atoms with Gasteiger partial charge in [0.2, 0.25) is 0 Å². The van der Waals surface area contributed by atoms with Crippen molar-refractivity contribution in [2.45, 2.75) is 38.1 Å². The van der Waals surface area contributed by atoms with Crippen LogP contribution in [0.15, 0.2) is 41.1 Å². The summed E-state index contributed by atoms with van der Waals surface area (Å²) >= 11 is 1.80. The minimum atomic E-state index is 0.593. The number of hydrogen-bond acceptors (Lipinski definition) is 2. The fourth-order valence-corrected chi connectivity index (χ4v) is 3.20. The van der Waals surface area contributed by atoms with E-state index in [1.807, 2.05) is 0 Å². The zero-order valence-corrected chi connectivity index (χ0v) is 12.2. The van der Waals surface area contributed by atoms with E-state index in [9.17, 15) is 0 Å². The molecule has 1 aliphatic carbocycles. The highest BCUT2D eigenvalue weighted by Crippen LogP contribution is 2.25. The molecule has 1 saturated carbocycles. The van der Waals surface area contributed by atoms with Crippen LogP contribution in [0.4, 0.5) is 0 Å². The second kappa shape index (κ2) is 5.89. The Balaban J connectivity index is 1.73. The first-order chi connectivity index (χ1) is 9.31. The SMILES string of the molecule is Cc1cccc(C(CNC2CC2)Cc2ccsc2)c1. The fraction of sp³-hybridized carbons (Fsp3) is 0.412. The van der Waals surface area contributed by atoms with Crippen LogP contribution in [-0.2, 0) is 6.42 Å². The minimum absolute atomic E-state index is 0.593. The molecule has 0 aliphatic heterocycles. The Morgan fingerprint density at radius 2 is 2.21 bits per heavy atom. The quantitative estimate of drug-likeness (QED) is 0.833. The molecule has 1 aromatic carbocycles. The molecule has 1 fully saturated rings. The van der Waals surface area contributed by atoms with Crippen molar-refractivity contribution in [3.8, 4) is 0 Å². The van der Waals surface area contributed by atoms with E-state index >= 15 is 0 Å². The van der Waals surface area contributed by atoms with Crippen molar-refractivity contribution in [3.63, 3.8) is 0 Å². The highest BCUT2D eigenvalue weighted by atomic mass is 32.1. The lowest BCUT2D eigenvalue weighted by Gasteiger charge is -2.18. The third-order valence-electron chi connectivity index (χ3n) is 3.81. The van der Waals surface area contributed by atoms with Crippen LogP contribution in [0.3, 0.4) is 0 Å². The zero-order chi connectivity index (χ0) is 13.1. The largest absolute Gasteiger partial charge is 0.313 e. The van der Waals surface area contributed by atoms with Crippen LogP contribution in [-0.4, -0.2) is 12.6 Å². The van der Waals surface area contributed by atoms with Gasteiger partial charge >= 0.3 is 0 Å². The van der Waals surface area contributed by atoms with Gasteiger partial charge in [-0.3, -0.25) is 0 Å². The first-order valence-electron chi connectivity index (χ1n) is 7.12. The Morgan fingerprint density at radius 1 is 1.32 bits per heavy atom. The fourth-order valence-electron chi connectivity index (χ4n) is 2.52. The first-order valence-corrected chi connectivity index (χ1v) is 8.06. The average Bonchev–Trinajstić information content (AvgIpc) is 3.10. The molecule has 1 atom stereocenters. The number of nitrogens with one attached hydrogen (secondary N) is 1. The monoisotopic (exact) mass is 271 g/mol. The van der Waals surface area contributed by atoms with Crippen LogP contribution in [0.5, 0.6) is 0 Å². The van der Waals surface area contributed by atoms with E-state index < -0.39 is 0 Å². The standard InChI is InChI=1S/C17H21NS/c1-13-3-2-4-15(9-13)16(11-18-17-5-6-17)10-14-7-8-19-12-14/h2-4,7-9,12,16-18H,5-6,10-11H2,1H3. The number of aryl methyl sites for hydroxylation is 1. The summed E-state index contributed by atoms with van der Waals surface area (Å²) in [5, 5.41) is 8.15. The van der Waals surface area contributed by atoms with Gasteiger partial charge in [-0.05, 0) is 54.1 Å². The molecule has 0 saturated heterocycles. The summed E-state index contributed by atoms with van der Waals surface area (Å²) in [4.78, 5) is 0. The van der Waals surface area contributed by atoms with Gasteiger partial charge in [0.05, 0.1) is 0 Å². The summed E-state index contributed by atoms with van der Waals surface area (Å²) in [6.45, 7) is 3.28. The number of rotatable bonds is 6. The predicted octanol–water partition coefficient (Wildman–Crippen LogP) is 4.13. The van der Waals surface area contributed by atoms with Gasteiger partial charge in [-0.2, -0.15) is 11.3 Å². The lowest BCUT2D eigenvalue weighted by molar-refractivity contribution is 0.577. The molecule has 2 heteroatoms. The minimum Gasteiger partial charge on any atom is -0.313 e. The van der Waals surface area contributed by atoms with Crippen molar-refractivity contribution in [1.29, 1.82) is 0 Å². The molecule has 100 valence electrons. The summed E-state index contributed by atoms with van der Waals surface area (Å²) in [5.41, 5.74) is 4.30. The van der Waals surface area contributed by atoms with Crippen LogP contribution >= 0.6 is 11.3 Å². The molecular weight excluding hydrogens is 250 g/mol. The molecule has 3 rings (SSSR count). The van der Waals surface area contributed by atoms with E-state index in [-0.39, 0.29) is 0 Å². The smallest absolute Gasteiger partial charge is 0.00684 e. The summed E-state index contributed by atoms with van der Waals surface area (Å²) in [7, 11) is 0. The number of benzene rings is 1. The van der Waals surface area contributed by atoms with E-state index in [0.717, 1.165) is 19.0 Å². The average molecular weight is 271 g/mol. The van der Waals surface area contributed by atoms with E-state index in [0.29, 0.717) is 5.92 Å². The molecule has 1 aromatic heterocycles. The molecular formula is C17H21NS. The van der Waals surface area contributed by atoms with E-state index in [1.165, 1.54) is 29.5 Å². The normalized spacial score (nSPS) is 16.5. The van der Waals surface area contributed by atoms with E-state index in [2.05, 4.69) is 53.3 Å². The molecule has 19 heavy (non-hydrogen) atoms. The summed E-state index contributed by atoms with van der Waals surface area (Å²) in [5.74, 6) is 0.593. The molecule has 0 amide bonds. The maximum atomic E-state index is 3.69. The highest BCUT2D eigenvalue weighted by molar-refractivity contribution is 7.07. The van der Waals surface area contributed by atoms with Gasteiger partial charge in [0, 0.05) is 18.5 Å². The molecule has 1 heterocycles. The first kappa shape index (κ1) is 12.9. The molecule has 1 nitrogen and oxygen atoms in total. The predicted molar refractivity (Wildman–Crippen MR) is 83.0 cm³/mol. The Morgan fingerprint density at radius 3 is 2.89 bits per heavy atom. The van der Waals surface area contributed by atoms with E-state index in [1.54, 1.807) is 11.3 Å². The summed E-state index contributed by atoms with van der Waals surface area (Å²) in [6.07, 6.45) is 3.87. The lowest BCUT2D eigenvalue weighted by Crippen LogP contribution is -2.24. The Bertz CT molecular complexity index is 514. The topological polar surface area (TPSA) is 12.0 Å². The van der Waals surface area contributed by atoms with Gasteiger partial charge in [-0.1, -0.05) is 29.8 Å². The molecule has 0 spiro atoms. The van der Waals surface area contributed by atoms with Crippen molar-refractivity contribution in [2.24, 2.45) is 0 Å². The Labute approximate surface area is 119 Å². The van der Waals surface area contributed by atoms with Gasteiger partial charge in [0.15, 0.2) is 0 Å². The van der Waals surface area contributed by atoms with Crippen molar-refractivity contribution in [2.75, 3.05) is 6.54 Å². The molecule has 0 bridgehead atoms. The van der Waals surface area contributed by atoms with Crippen LogP contribution in [0.25, 0.3) is 0 Å². The maximum absolute atomic E-state index is 3.69. The zero-order valence-electron chi connectivity index (χ0n) is 11.4. The van der Waals surface area contributed by atoms with Crippen LogP contribution in [0.1, 0.15) is 35.4 Å². The van der Waals surface area contributed by atoms with Crippen LogP contribution in [0.2, 0.25) is 0 Å². The number of thiophene rings is 1. The molecule has 0 radical (unpaired) electrons. The highest BCUT2D eigenvalue weighted by Gasteiger charge is 2.22. The van der Waals surface area contributed by atoms with Crippen molar-refractivity contribution in [1.82, 2.24) is 5.32 Å².